The van der Waals surface area contributed by atoms with Crippen LogP contribution in [-0.2, 0) is 3.79 Å². The van der Waals surface area contributed by atoms with Crippen molar-refractivity contribution in [1.82, 2.24) is 14.3 Å². The summed E-state index contributed by atoms with van der Waals surface area (Å²) >= 11 is 18.3. The van der Waals surface area contributed by atoms with Crippen LogP contribution in [0.15, 0.2) is 17.1 Å². The molecule has 0 aliphatic carbocycles. The van der Waals surface area contributed by atoms with Crippen molar-refractivity contribution < 1.29 is 4.74 Å². The van der Waals surface area contributed by atoms with Crippen LogP contribution >= 0.6 is 46.3 Å². The Morgan fingerprint density at radius 1 is 1.29 bits per heavy atom. The lowest BCUT2D eigenvalue weighted by Crippen LogP contribution is -2.14. The van der Waals surface area contributed by atoms with E-state index in [1.807, 2.05) is 37.9 Å². The quantitative estimate of drug-likeness (QED) is 0.379. The zero-order valence-corrected chi connectivity index (χ0v) is 16.8. The Kier molecular flexibility index (Phi) is 6.31. The Bertz CT molecular complexity index is 743. The van der Waals surface area contributed by atoms with Crippen LogP contribution in [0.5, 0.6) is 10.9 Å². The zero-order chi connectivity index (χ0) is 17.9. The maximum Gasteiger partial charge on any atom is 0.298 e. The largest absolute Gasteiger partial charge is 0.430 e. The monoisotopic (exact) mass is 406 g/mol. The molecule has 0 amide bonds. The van der Waals surface area contributed by atoms with Gasteiger partial charge in [0.1, 0.15) is 5.75 Å². The lowest BCUT2D eigenvalue weighted by molar-refractivity contribution is 0.473. The van der Waals surface area contributed by atoms with Crippen molar-refractivity contribution in [2.45, 2.75) is 24.6 Å². The Balaban J connectivity index is 2.22. The summed E-state index contributed by atoms with van der Waals surface area (Å²) in [5.41, 5.74) is 2.80. The number of nitrogens with zero attached hydrogens (tertiary/aromatic N) is 4. The van der Waals surface area contributed by atoms with Crippen molar-refractivity contribution in [3.05, 3.63) is 29.1 Å². The first-order valence-electron chi connectivity index (χ1n) is 7.15. The lowest BCUT2D eigenvalue weighted by Gasteiger charge is -2.11. The molecule has 1 aromatic heterocycles. The van der Waals surface area contributed by atoms with Crippen LogP contribution in [0.2, 0.25) is 0 Å². The smallest absolute Gasteiger partial charge is 0.298 e. The van der Waals surface area contributed by atoms with Gasteiger partial charge in [-0.1, -0.05) is 34.8 Å². The standard InChI is InChI=1S/C15H17Cl3N4OS/c1-5-22(4)8-19-11-6-10(3)12(7-9(11)2)23-14-20-13(21-24-14)15(16,17)18/h6-8H,5H2,1-4H3. The summed E-state index contributed by atoms with van der Waals surface area (Å²) in [7, 11) is 1.97. The van der Waals surface area contributed by atoms with Crippen molar-refractivity contribution in [3.63, 3.8) is 0 Å². The number of benzene rings is 1. The fraction of sp³-hybridized carbons (Fsp3) is 0.400. The summed E-state index contributed by atoms with van der Waals surface area (Å²) in [6.45, 7) is 6.87. The fourth-order valence-corrected chi connectivity index (χ4v) is 2.73. The van der Waals surface area contributed by atoms with Crippen LogP contribution in [-0.4, -0.2) is 34.2 Å². The highest BCUT2D eigenvalue weighted by Gasteiger charge is 2.29. The molecule has 9 heteroatoms. The number of aromatic nitrogens is 2. The summed E-state index contributed by atoms with van der Waals surface area (Å²) < 4.78 is 8.11. The average Bonchev–Trinajstić information content (AvgIpc) is 2.97. The molecule has 1 aromatic carbocycles. The van der Waals surface area contributed by atoms with Gasteiger partial charge in [-0.15, -0.1) is 0 Å². The molecule has 2 rings (SSSR count). The SMILES string of the molecule is CCN(C)C=Nc1cc(C)c(Oc2nc(C(Cl)(Cl)Cl)ns2)cc1C. The highest BCUT2D eigenvalue weighted by Crippen LogP contribution is 2.39. The third-order valence-electron chi connectivity index (χ3n) is 3.24. The molecule has 0 atom stereocenters. The third kappa shape index (κ3) is 4.96. The van der Waals surface area contributed by atoms with Gasteiger partial charge in [0, 0.05) is 25.1 Å². The van der Waals surface area contributed by atoms with Gasteiger partial charge in [-0.3, -0.25) is 0 Å². The van der Waals surface area contributed by atoms with Crippen molar-refractivity contribution in [2.75, 3.05) is 13.6 Å². The Labute approximate surface area is 160 Å². The number of alkyl halides is 3. The molecule has 130 valence electrons. The number of hydrogen-bond donors (Lipinski definition) is 0. The lowest BCUT2D eigenvalue weighted by atomic mass is 10.1. The topological polar surface area (TPSA) is 50.6 Å². The van der Waals surface area contributed by atoms with Crippen LogP contribution in [0.25, 0.3) is 0 Å². The Hall–Kier alpha value is -1.08. The van der Waals surface area contributed by atoms with Crippen LogP contribution in [0.4, 0.5) is 5.69 Å². The minimum absolute atomic E-state index is 0.102. The first kappa shape index (κ1) is 19.2. The number of hydrogen-bond acceptors (Lipinski definition) is 5. The molecule has 0 N–H and O–H groups in total. The molecule has 0 saturated carbocycles. The molecule has 5 nitrogen and oxygen atoms in total. The molecule has 24 heavy (non-hydrogen) atoms. The van der Waals surface area contributed by atoms with E-state index in [9.17, 15) is 0 Å². The van der Waals surface area contributed by atoms with E-state index in [0.717, 1.165) is 34.9 Å². The zero-order valence-electron chi connectivity index (χ0n) is 13.7. The Morgan fingerprint density at radius 2 is 2.00 bits per heavy atom. The third-order valence-corrected chi connectivity index (χ3v) is 4.35. The summed E-state index contributed by atoms with van der Waals surface area (Å²) in [6, 6.07) is 3.87. The minimum atomic E-state index is -1.66. The highest BCUT2D eigenvalue weighted by atomic mass is 35.6. The molecular weight excluding hydrogens is 391 g/mol. The molecule has 0 fully saturated rings. The second-order valence-corrected chi connectivity index (χ2v) is 8.20. The van der Waals surface area contributed by atoms with Gasteiger partial charge in [0.15, 0.2) is 5.82 Å². The second-order valence-electron chi connectivity index (χ2n) is 5.21. The molecule has 0 radical (unpaired) electrons. The van der Waals surface area contributed by atoms with E-state index < -0.39 is 3.79 Å². The first-order valence-corrected chi connectivity index (χ1v) is 9.06. The van der Waals surface area contributed by atoms with Gasteiger partial charge in [-0.05, 0) is 44.0 Å². The van der Waals surface area contributed by atoms with E-state index in [-0.39, 0.29) is 5.82 Å². The summed E-state index contributed by atoms with van der Waals surface area (Å²) in [5, 5.41) is 0.320. The van der Waals surface area contributed by atoms with Crippen molar-refractivity contribution >= 4 is 58.4 Å². The normalized spacial score (nSPS) is 12.0. The van der Waals surface area contributed by atoms with Crippen molar-refractivity contribution in [3.8, 4) is 10.9 Å². The van der Waals surface area contributed by atoms with Gasteiger partial charge >= 0.3 is 0 Å². The van der Waals surface area contributed by atoms with Gasteiger partial charge in [0.05, 0.1) is 12.0 Å². The van der Waals surface area contributed by atoms with Crippen LogP contribution in [0, 0.1) is 13.8 Å². The van der Waals surface area contributed by atoms with Gasteiger partial charge in [0.2, 0.25) is 0 Å². The molecule has 0 saturated heterocycles. The highest BCUT2D eigenvalue weighted by molar-refractivity contribution is 7.07. The minimum Gasteiger partial charge on any atom is -0.430 e. The molecule has 2 aromatic rings. The van der Waals surface area contributed by atoms with E-state index in [0.29, 0.717) is 10.9 Å². The molecular formula is C15H17Cl3N4OS. The number of aryl methyl sites for hydroxylation is 2. The van der Waals surface area contributed by atoms with Gasteiger partial charge in [-0.25, -0.2) is 4.99 Å². The van der Waals surface area contributed by atoms with Gasteiger partial charge in [0.25, 0.3) is 8.99 Å². The number of rotatable bonds is 5. The summed E-state index contributed by atoms with van der Waals surface area (Å²) in [6.07, 6.45) is 1.81. The molecule has 1 heterocycles. The second kappa shape index (κ2) is 7.87. The fourth-order valence-electron chi connectivity index (χ4n) is 1.73. The molecule has 0 aliphatic heterocycles. The predicted octanol–water partition coefficient (Wildman–Crippen LogP) is 5.39. The summed E-state index contributed by atoms with van der Waals surface area (Å²) in [4.78, 5) is 10.6. The molecule has 0 aliphatic rings. The van der Waals surface area contributed by atoms with E-state index in [2.05, 4.69) is 21.3 Å². The van der Waals surface area contributed by atoms with Crippen molar-refractivity contribution in [1.29, 1.82) is 0 Å². The molecule has 0 spiro atoms. The average molecular weight is 408 g/mol. The van der Waals surface area contributed by atoms with Gasteiger partial charge in [-0.2, -0.15) is 9.36 Å². The van der Waals surface area contributed by atoms with Crippen molar-refractivity contribution in [2.24, 2.45) is 4.99 Å². The summed E-state index contributed by atoms with van der Waals surface area (Å²) in [5.74, 6) is 0.771. The van der Waals surface area contributed by atoms with Gasteiger partial charge < -0.3 is 9.64 Å². The molecule has 0 unspecified atom stereocenters. The number of ether oxygens (including phenoxy) is 1. The predicted molar refractivity (Wildman–Crippen MR) is 102 cm³/mol. The first-order chi connectivity index (χ1) is 11.2. The maximum atomic E-state index is 5.77. The maximum absolute atomic E-state index is 5.77. The van der Waals surface area contributed by atoms with Crippen LogP contribution in [0.3, 0.4) is 0 Å². The Morgan fingerprint density at radius 3 is 2.58 bits per heavy atom. The van der Waals surface area contributed by atoms with E-state index in [1.165, 1.54) is 0 Å². The molecule has 0 bridgehead atoms. The van der Waals surface area contributed by atoms with Crippen LogP contribution in [0.1, 0.15) is 23.9 Å². The van der Waals surface area contributed by atoms with Crippen LogP contribution < -0.4 is 4.74 Å². The van der Waals surface area contributed by atoms with E-state index >= 15 is 0 Å². The number of halogens is 3. The van der Waals surface area contributed by atoms with E-state index in [1.54, 1.807) is 6.34 Å². The van der Waals surface area contributed by atoms with E-state index in [4.69, 9.17) is 39.5 Å². The number of aliphatic imine (C=N–C) groups is 1.